The summed E-state index contributed by atoms with van der Waals surface area (Å²) in [7, 11) is 2.06. The number of fused-ring (bicyclic) bond motifs is 3. The van der Waals surface area contributed by atoms with E-state index in [9.17, 15) is 4.79 Å². The van der Waals surface area contributed by atoms with E-state index in [0.717, 1.165) is 41.7 Å². The van der Waals surface area contributed by atoms with Gasteiger partial charge >= 0.3 is 0 Å². The molecule has 120 valence electrons. The molecule has 1 aliphatic rings. The van der Waals surface area contributed by atoms with Gasteiger partial charge in [0.2, 0.25) is 0 Å². The summed E-state index contributed by atoms with van der Waals surface area (Å²) in [6.07, 6.45) is 5.63. The Labute approximate surface area is 134 Å². The maximum atomic E-state index is 13.0. The summed E-state index contributed by atoms with van der Waals surface area (Å²) in [4.78, 5) is 17.3. The van der Waals surface area contributed by atoms with E-state index in [2.05, 4.69) is 33.3 Å². The zero-order valence-electron chi connectivity index (χ0n) is 13.4. The molecule has 5 heteroatoms. The molecule has 0 amide bonds. The van der Waals surface area contributed by atoms with Gasteiger partial charge in [-0.2, -0.15) is 0 Å². The first-order valence-corrected chi connectivity index (χ1v) is 7.75. The highest BCUT2D eigenvalue weighted by Crippen LogP contribution is 2.34. The molecule has 0 bridgehead atoms. The summed E-state index contributed by atoms with van der Waals surface area (Å²) >= 11 is 0. The van der Waals surface area contributed by atoms with Crippen molar-refractivity contribution >= 4 is 16.7 Å². The number of aromatic nitrogens is 3. The fraction of sp³-hybridized carbons (Fsp3) is 0.333. The Morgan fingerprint density at radius 2 is 2.09 bits per heavy atom. The van der Waals surface area contributed by atoms with Crippen molar-refractivity contribution in [2.45, 2.75) is 26.3 Å². The molecular weight excluding hydrogens is 290 g/mol. The maximum Gasteiger partial charge on any atom is 0.170 e. The summed E-state index contributed by atoms with van der Waals surface area (Å²) in [5.41, 5.74) is 3.28. The maximum absolute atomic E-state index is 13.0. The molecule has 2 aromatic heterocycles. The van der Waals surface area contributed by atoms with Gasteiger partial charge in [-0.1, -0.05) is 18.2 Å². The van der Waals surface area contributed by atoms with Crippen molar-refractivity contribution in [1.29, 1.82) is 0 Å². The molecule has 1 atom stereocenters. The quantitative estimate of drug-likeness (QED) is 0.728. The van der Waals surface area contributed by atoms with Crippen LogP contribution in [0.25, 0.3) is 10.9 Å². The van der Waals surface area contributed by atoms with Crippen LogP contribution in [0.3, 0.4) is 0 Å². The van der Waals surface area contributed by atoms with Gasteiger partial charge < -0.3 is 14.6 Å². The second kappa shape index (κ2) is 5.66. The van der Waals surface area contributed by atoms with Crippen LogP contribution < -0.4 is 0 Å². The summed E-state index contributed by atoms with van der Waals surface area (Å²) in [5.74, 6) is 1.30. The van der Waals surface area contributed by atoms with Crippen molar-refractivity contribution in [2.75, 3.05) is 0 Å². The minimum Gasteiger partial charge on any atom is -0.412 e. The smallest absolute Gasteiger partial charge is 0.170 e. The number of rotatable bonds is 2. The van der Waals surface area contributed by atoms with E-state index in [1.54, 1.807) is 6.20 Å². The highest BCUT2D eigenvalue weighted by molar-refractivity contribution is 6.11. The molecular formula is C18H21N3O2. The lowest BCUT2D eigenvalue weighted by atomic mass is 9.85. The predicted molar refractivity (Wildman–Crippen MR) is 89.6 cm³/mol. The van der Waals surface area contributed by atoms with Crippen LogP contribution in [0, 0.1) is 12.8 Å². The Morgan fingerprint density at radius 3 is 2.83 bits per heavy atom. The number of ketones is 1. The molecule has 0 saturated heterocycles. The Hall–Kier alpha value is -2.40. The number of carbonyl (C=O) groups is 1. The van der Waals surface area contributed by atoms with Gasteiger partial charge in [-0.05, 0) is 25.8 Å². The average Bonchev–Trinajstić information content (AvgIpc) is 3.05. The van der Waals surface area contributed by atoms with Gasteiger partial charge in [-0.3, -0.25) is 4.79 Å². The minimum absolute atomic E-state index is 0. The monoisotopic (exact) mass is 311 g/mol. The largest absolute Gasteiger partial charge is 0.412 e. The van der Waals surface area contributed by atoms with Crippen LogP contribution in [0.5, 0.6) is 0 Å². The Bertz CT molecular complexity index is 876. The molecule has 5 nitrogen and oxygen atoms in total. The summed E-state index contributed by atoms with van der Waals surface area (Å²) in [6.45, 7) is 2.71. The molecule has 2 heterocycles. The normalized spacial score (nSPS) is 17.1. The SMILES string of the molecule is Cc1nccn1CC1CCc2c(c3ccccc3n2C)C1=O.O. The Kier molecular flexibility index (Phi) is 3.82. The van der Waals surface area contributed by atoms with Gasteiger partial charge in [0.25, 0.3) is 0 Å². The molecule has 2 N–H and O–H groups in total. The second-order valence-corrected chi connectivity index (χ2v) is 6.12. The van der Waals surface area contributed by atoms with Gasteiger partial charge in [-0.25, -0.2) is 4.98 Å². The molecule has 1 aliphatic carbocycles. The van der Waals surface area contributed by atoms with Crippen molar-refractivity contribution in [3.63, 3.8) is 0 Å². The van der Waals surface area contributed by atoms with E-state index in [-0.39, 0.29) is 17.2 Å². The van der Waals surface area contributed by atoms with E-state index < -0.39 is 0 Å². The second-order valence-electron chi connectivity index (χ2n) is 6.12. The van der Waals surface area contributed by atoms with Crippen molar-refractivity contribution in [3.05, 3.63) is 53.7 Å². The summed E-state index contributed by atoms with van der Waals surface area (Å²) in [6, 6.07) is 8.21. The lowest BCUT2D eigenvalue weighted by Gasteiger charge is -2.23. The van der Waals surface area contributed by atoms with E-state index >= 15 is 0 Å². The third-order valence-corrected chi connectivity index (χ3v) is 4.92. The lowest BCUT2D eigenvalue weighted by Crippen LogP contribution is -2.27. The Morgan fingerprint density at radius 1 is 1.30 bits per heavy atom. The highest BCUT2D eigenvalue weighted by atomic mass is 16.1. The van der Waals surface area contributed by atoms with E-state index in [4.69, 9.17) is 0 Å². The molecule has 0 fully saturated rings. The van der Waals surface area contributed by atoms with Crippen LogP contribution in [-0.4, -0.2) is 25.4 Å². The topological polar surface area (TPSA) is 71.3 Å². The molecule has 4 rings (SSSR count). The number of benzene rings is 1. The highest BCUT2D eigenvalue weighted by Gasteiger charge is 2.32. The van der Waals surface area contributed by atoms with Crippen LogP contribution in [0.15, 0.2) is 36.7 Å². The molecule has 0 radical (unpaired) electrons. The number of hydrogen-bond acceptors (Lipinski definition) is 2. The lowest BCUT2D eigenvalue weighted by molar-refractivity contribution is 0.0888. The number of aryl methyl sites for hydroxylation is 2. The Balaban J connectivity index is 0.00000156. The van der Waals surface area contributed by atoms with Crippen LogP contribution in [0.1, 0.15) is 28.3 Å². The molecule has 0 spiro atoms. The van der Waals surface area contributed by atoms with E-state index in [1.807, 2.05) is 25.3 Å². The van der Waals surface area contributed by atoms with E-state index in [1.165, 1.54) is 5.69 Å². The van der Waals surface area contributed by atoms with E-state index in [0.29, 0.717) is 0 Å². The molecule has 0 saturated carbocycles. The number of Topliss-reactive ketones (excluding diaryl/α,β-unsaturated/α-hetero) is 1. The fourth-order valence-electron chi connectivity index (χ4n) is 3.67. The standard InChI is InChI=1S/C18H19N3O.H2O/c1-12-19-9-10-21(12)11-13-7-8-16-17(18(13)22)14-5-3-4-6-15(14)20(16)2;/h3-6,9-10,13H,7-8,11H2,1-2H3;1H2. The van der Waals surface area contributed by atoms with Crippen LogP contribution >= 0.6 is 0 Å². The van der Waals surface area contributed by atoms with Crippen molar-refractivity contribution in [3.8, 4) is 0 Å². The van der Waals surface area contributed by atoms with Crippen molar-refractivity contribution < 1.29 is 10.3 Å². The average molecular weight is 311 g/mol. The minimum atomic E-state index is 0. The summed E-state index contributed by atoms with van der Waals surface area (Å²) < 4.78 is 4.26. The first-order chi connectivity index (χ1) is 10.7. The van der Waals surface area contributed by atoms with Crippen LogP contribution in [0.2, 0.25) is 0 Å². The van der Waals surface area contributed by atoms with Crippen molar-refractivity contribution in [1.82, 2.24) is 14.1 Å². The van der Waals surface area contributed by atoms with Gasteiger partial charge in [-0.15, -0.1) is 0 Å². The number of nitrogens with zero attached hydrogens (tertiary/aromatic N) is 3. The van der Waals surface area contributed by atoms with Gasteiger partial charge in [0.15, 0.2) is 5.78 Å². The first-order valence-electron chi connectivity index (χ1n) is 7.75. The molecule has 0 aliphatic heterocycles. The van der Waals surface area contributed by atoms with Crippen LogP contribution in [-0.2, 0) is 20.0 Å². The zero-order valence-corrected chi connectivity index (χ0v) is 13.4. The number of carbonyl (C=O) groups excluding carboxylic acids is 1. The molecule has 3 aromatic rings. The fourth-order valence-corrected chi connectivity index (χ4v) is 3.67. The molecule has 1 aromatic carbocycles. The van der Waals surface area contributed by atoms with Gasteiger partial charge in [0.1, 0.15) is 5.82 Å². The summed E-state index contributed by atoms with van der Waals surface area (Å²) in [5, 5.41) is 1.09. The number of imidazole rings is 1. The van der Waals surface area contributed by atoms with Crippen LogP contribution in [0.4, 0.5) is 0 Å². The van der Waals surface area contributed by atoms with Gasteiger partial charge in [0, 0.05) is 54.1 Å². The number of para-hydroxylation sites is 1. The predicted octanol–water partition coefficient (Wildman–Crippen LogP) is 2.30. The van der Waals surface area contributed by atoms with Gasteiger partial charge in [0.05, 0.1) is 0 Å². The first kappa shape index (κ1) is 15.5. The zero-order chi connectivity index (χ0) is 15.3. The molecule has 1 unspecified atom stereocenters. The third-order valence-electron chi connectivity index (χ3n) is 4.92. The third kappa shape index (κ3) is 2.28. The number of hydrogen-bond donors (Lipinski definition) is 0. The van der Waals surface area contributed by atoms with Crippen molar-refractivity contribution in [2.24, 2.45) is 13.0 Å². The molecule has 23 heavy (non-hydrogen) atoms.